The largest absolute Gasteiger partial charge is 0.355 e. The first-order valence-electron chi connectivity index (χ1n) is 43.3. The number of fused-ring (bicyclic) bond motifs is 11. The Hall–Kier alpha value is -11.3. The minimum Gasteiger partial charge on any atom is -0.355 e. The van der Waals surface area contributed by atoms with Gasteiger partial charge in [-0.05, 0) is 221 Å². The normalized spacial score (nSPS) is 9.03. The fraction of sp³-hybridized carbons (Fsp3) is 0.291. The van der Waals surface area contributed by atoms with Gasteiger partial charge >= 0.3 is 0 Å². The lowest BCUT2D eigenvalue weighted by atomic mass is 9.92. The predicted octanol–water partition coefficient (Wildman–Crippen LogP) is 35.5. The van der Waals surface area contributed by atoms with E-state index < -0.39 is 0 Å². The average Bonchev–Trinajstić information content (AvgIpc) is 1.19. The minimum atomic E-state index is 1.07. The highest BCUT2D eigenvalue weighted by Gasteiger charge is 2.10. The zero-order chi connectivity index (χ0) is 87.8. The van der Waals surface area contributed by atoms with Crippen LogP contribution >= 0.6 is 0 Å². The fourth-order valence-corrected chi connectivity index (χ4v) is 11.6. The number of aryl methyl sites for hydroxylation is 8. The summed E-state index contributed by atoms with van der Waals surface area (Å²) < 4.78 is 0. The van der Waals surface area contributed by atoms with E-state index in [0.29, 0.717) is 0 Å². The maximum absolute atomic E-state index is 3.98. The molecule has 0 radical (unpaired) electrons. The van der Waals surface area contributed by atoms with Crippen molar-refractivity contribution in [2.45, 2.75) is 222 Å². The quantitative estimate of drug-likeness (QED) is 0.148. The van der Waals surface area contributed by atoms with Crippen molar-refractivity contribution in [2.75, 3.05) is 0 Å². The lowest BCUT2D eigenvalue weighted by Crippen LogP contribution is -1.85. The molecule has 0 amide bonds. The van der Waals surface area contributed by atoms with Gasteiger partial charge in [-0.2, -0.15) is 0 Å². The Morgan fingerprint density at radius 3 is 1.05 bits per heavy atom. The Morgan fingerprint density at radius 1 is 0.190 bits per heavy atom. The van der Waals surface area contributed by atoms with Crippen LogP contribution in [0.15, 0.2) is 304 Å². The number of rotatable bonds is 0. The molecule has 0 aliphatic heterocycles. The van der Waals surface area contributed by atoms with E-state index >= 15 is 0 Å². The summed E-state index contributed by atoms with van der Waals surface area (Å²) in [5.41, 5.74) is 14.8. The first-order valence-corrected chi connectivity index (χ1v) is 43.3. The molecule has 6 heterocycles. The van der Waals surface area contributed by atoms with Gasteiger partial charge in [-0.15, -0.1) is 0 Å². The summed E-state index contributed by atoms with van der Waals surface area (Å²) in [6, 6.07) is 93.4. The second-order valence-corrected chi connectivity index (χ2v) is 23.3. The topological polar surface area (TPSA) is 83.1 Å². The van der Waals surface area contributed by atoms with Crippen LogP contribution < -0.4 is 0 Å². The van der Waals surface area contributed by atoms with Gasteiger partial charge in [0.15, 0.2) is 0 Å². The molecule has 0 spiro atoms. The number of benzene rings is 12. The molecule has 6 nitrogen and oxygen atoms in total. The highest BCUT2D eigenvalue weighted by atomic mass is 14.7. The molecule has 618 valence electrons. The number of nitrogens with zero attached hydrogens (tertiary/aromatic N) is 4. The molecule has 6 heteroatoms. The van der Waals surface area contributed by atoms with Crippen LogP contribution in [0.2, 0.25) is 0 Å². The van der Waals surface area contributed by atoms with Crippen LogP contribution in [0.4, 0.5) is 0 Å². The van der Waals surface area contributed by atoms with Crippen molar-refractivity contribution in [3.8, 4) is 0 Å². The van der Waals surface area contributed by atoms with E-state index in [1.54, 1.807) is 31.0 Å². The van der Waals surface area contributed by atoms with Crippen molar-refractivity contribution in [3.05, 3.63) is 349 Å². The predicted molar refractivity (Wildman–Crippen MR) is 532 cm³/mol. The Kier molecular flexibility index (Phi) is 60.7. The van der Waals surface area contributed by atoms with Crippen LogP contribution in [-0.4, -0.2) is 29.9 Å². The Bertz CT molecular complexity index is 5200. The molecule has 12 aromatic carbocycles. The number of hydrogen-bond acceptors (Lipinski definition) is 4. The number of aromatic nitrogens is 6. The average molecular weight is 1550 g/mol. The van der Waals surface area contributed by atoms with E-state index in [2.05, 4.69) is 264 Å². The van der Waals surface area contributed by atoms with Gasteiger partial charge in [0.25, 0.3) is 0 Å². The van der Waals surface area contributed by atoms with Gasteiger partial charge in [-0.1, -0.05) is 366 Å². The molecular formula is C110H148N6. The van der Waals surface area contributed by atoms with E-state index in [1.165, 1.54) is 142 Å². The van der Waals surface area contributed by atoms with Gasteiger partial charge in [-0.3, -0.25) is 19.9 Å². The zero-order valence-electron chi connectivity index (χ0n) is 77.7. The summed E-state index contributed by atoms with van der Waals surface area (Å²) in [6.45, 7) is 64.6. The third-order valence-electron chi connectivity index (χ3n) is 16.3. The highest BCUT2D eigenvalue weighted by molar-refractivity contribution is 6.23. The number of pyridine rings is 4. The van der Waals surface area contributed by atoms with Crippen molar-refractivity contribution >= 4 is 108 Å². The van der Waals surface area contributed by atoms with Gasteiger partial charge in [-0.25, -0.2) is 0 Å². The molecule has 2 N–H and O–H groups in total. The molecule has 18 aromatic rings. The number of aromatic amines is 2. The monoisotopic (exact) mass is 1550 g/mol. The van der Waals surface area contributed by atoms with Crippen LogP contribution in [0, 0.1) is 55.4 Å². The second-order valence-electron chi connectivity index (χ2n) is 23.3. The van der Waals surface area contributed by atoms with Crippen LogP contribution in [0.1, 0.15) is 211 Å². The molecule has 6 aromatic heterocycles. The Balaban J connectivity index is 0. The smallest absolute Gasteiger partial charge is 0.0467 e. The molecule has 0 aliphatic carbocycles. The molecule has 0 atom stereocenters. The Labute approximate surface area is 704 Å². The molecule has 0 saturated carbocycles. The van der Waals surface area contributed by atoms with Crippen molar-refractivity contribution in [1.29, 1.82) is 0 Å². The van der Waals surface area contributed by atoms with Crippen LogP contribution in [-0.2, 0) is 0 Å². The summed E-state index contributed by atoms with van der Waals surface area (Å²) in [4.78, 5) is 22.5. The van der Waals surface area contributed by atoms with E-state index in [1.807, 2.05) is 261 Å². The lowest BCUT2D eigenvalue weighted by Gasteiger charge is -2.11. The van der Waals surface area contributed by atoms with Crippen molar-refractivity contribution < 1.29 is 0 Å². The van der Waals surface area contributed by atoms with Crippen LogP contribution in [0.3, 0.4) is 0 Å². The number of para-hydroxylation sites is 2. The SMILES string of the molecule is CC.CC.CC.CC.CC.CC.CC.CC.CC.CC.CC.CC.Cc1cc2c3ccccc3ccc2c2ccccc12.Cc1ccc2[nH]c3ccccc3c2c1.Cc1ccc2c(c1)[nH]c1ccccc12.Cc1ccc2ccc3cccc4ccc1c2c34.Cc1ccccn1.Cc1ccccn1.Cc1cccnc1.Cc1ccncc1. The first kappa shape index (κ1) is 107. The van der Waals surface area contributed by atoms with Gasteiger partial charge in [0.2, 0.25) is 0 Å². The molecule has 0 fully saturated rings. The molecule has 18 rings (SSSR count). The standard InChI is InChI=1S/C19H14.C17H12.2C13H11N.4C6H7N.12C2H6/c1-13-12-19-16-8-3-2-6-14(16)10-11-18(19)17-9-5-4-7-15(13)17;1-11-5-6-14-8-7-12-3-2-4-13-9-10-15(11)17(14)16(12)13;1-9-6-7-13-11(8-9)10-4-2-3-5-12(10)14-13;1-9-6-7-11-10-4-2-3-5-12(10)14-13(11)8-9;1-6-2-4-7-5-3-6;1-6-3-2-4-7-5-6;2*1-6-4-2-3-5-7-6;12*1-2/h2-12H,1H3;2-10H,1H3;2*2-8,14H,1H3;4*2-5H,1H3;12*1-2H3. The van der Waals surface area contributed by atoms with Crippen molar-refractivity contribution in [3.63, 3.8) is 0 Å². The summed E-state index contributed by atoms with van der Waals surface area (Å²) >= 11 is 0. The lowest BCUT2D eigenvalue weighted by molar-refractivity contribution is 1.20. The van der Waals surface area contributed by atoms with E-state index in [-0.39, 0.29) is 0 Å². The third-order valence-corrected chi connectivity index (χ3v) is 16.3. The Morgan fingerprint density at radius 2 is 0.578 bits per heavy atom. The van der Waals surface area contributed by atoms with Gasteiger partial charge in [0, 0.05) is 92.2 Å². The summed E-state index contributed by atoms with van der Waals surface area (Å²) in [5.74, 6) is 0. The molecule has 116 heavy (non-hydrogen) atoms. The second kappa shape index (κ2) is 66.0. The van der Waals surface area contributed by atoms with E-state index in [4.69, 9.17) is 0 Å². The highest BCUT2D eigenvalue weighted by Crippen LogP contribution is 2.37. The fourth-order valence-electron chi connectivity index (χ4n) is 11.6. The number of H-pyrrole nitrogens is 2. The third kappa shape index (κ3) is 34.0. The maximum Gasteiger partial charge on any atom is 0.0467 e. The number of hydrogen-bond donors (Lipinski definition) is 2. The maximum atomic E-state index is 3.98. The molecule has 0 bridgehead atoms. The molecule has 0 aliphatic rings. The van der Waals surface area contributed by atoms with Crippen LogP contribution in [0.25, 0.3) is 108 Å². The molecule has 0 saturated heterocycles. The molecular weight excluding hydrogens is 1410 g/mol. The summed E-state index contributed by atoms with van der Waals surface area (Å²) in [6.07, 6.45) is 10.8. The minimum absolute atomic E-state index is 1.07. The number of nitrogens with one attached hydrogen (secondary N) is 2. The van der Waals surface area contributed by atoms with Crippen molar-refractivity contribution in [2.24, 2.45) is 0 Å². The molecule has 0 unspecified atom stereocenters. The van der Waals surface area contributed by atoms with E-state index in [9.17, 15) is 0 Å². The summed E-state index contributed by atoms with van der Waals surface area (Å²) in [7, 11) is 0. The van der Waals surface area contributed by atoms with Gasteiger partial charge < -0.3 is 9.97 Å². The zero-order valence-corrected chi connectivity index (χ0v) is 77.7. The van der Waals surface area contributed by atoms with Crippen LogP contribution in [0.5, 0.6) is 0 Å². The summed E-state index contributed by atoms with van der Waals surface area (Å²) in [5, 5.41) is 21.5. The van der Waals surface area contributed by atoms with Gasteiger partial charge in [0.1, 0.15) is 0 Å². The van der Waals surface area contributed by atoms with Crippen molar-refractivity contribution in [1.82, 2.24) is 29.9 Å². The van der Waals surface area contributed by atoms with E-state index in [0.717, 1.165) is 11.4 Å². The first-order chi connectivity index (χ1) is 56.9. The van der Waals surface area contributed by atoms with Gasteiger partial charge in [0.05, 0.1) is 0 Å².